The number of piperidine rings is 1. The number of aromatic carboxylic acids is 1. The molecule has 8 heteroatoms. The molecule has 3 rings (SSSR count). The zero-order valence-electron chi connectivity index (χ0n) is 17.0. The van der Waals surface area contributed by atoms with Crippen LogP contribution in [0.4, 0.5) is 14.9 Å². The van der Waals surface area contributed by atoms with Gasteiger partial charge in [-0.1, -0.05) is 30.3 Å². The second-order valence-electron chi connectivity index (χ2n) is 7.18. The van der Waals surface area contributed by atoms with Gasteiger partial charge in [0.05, 0.1) is 12.8 Å². The third-order valence-electron chi connectivity index (χ3n) is 5.35. The molecule has 1 fully saturated rings. The Morgan fingerprint density at radius 3 is 2.47 bits per heavy atom. The largest absolute Gasteiger partial charge is 0.496 e. The van der Waals surface area contributed by atoms with Gasteiger partial charge in [-0.3, -0.25) is 0 Å². The number of benzene rings is 2. The van der Waals surface area contributed by atoms with Crippen LogP contribution < -0.4 is 9.64 Å². The number of carboxylic acids is 1. The van der Waals surface area contributed by atoms with E-state index >= 15 is 0 Å². The summed E-state index contributed by atoms with van der Waals surface area (Å²) in [6.45, 7) is 1.25. The summed E-state index contributed by atoms with van der Waals surface area (Å²) in [5.74, 6) is -1.74. The van der Waals surface area contributed by atoms with Gasteiger partial charge >= 0.3 is 12.1 Å². The monoisotopic (exact) mass is 416 g/mol. The fraction of sp³-hybridized carbons (Fsp3) is 0.364. The van der Waals surface area contributed by atoms with Crippen molar-refractivity contribution in [2.45, 2.75) is 25.5 Å². The second-order valence-corrected chi connectivity index (χ2v) is 7.18. The molecule has 0 aromatic heterocycles. The lowest BCUT2D eigenvalue weighted by Gasteiger charge is -2.37. The van der Waals surface area contributed by atoms with E-state index in [9.17, 15) is 19.1 Å². The number of carbonyl (C=O) groups is 2. The number of rotatable bonds is 6. The third kappa shape index (κ3) is 4.82. The number of carboxylic acid groups (broad SMARTS) is 1. The van der Waals surface area contributed by atoms with E-state index in [0.29, 0.717) is 31.6 Å². The average Bonchev–Trinajstić information content (AvgIpc) is 2.77. The fourth-order valence-electron chi connectivity index (χ4n) is 3.59. The maximum Gasteiger partial charge on any atom is 0.410 e. The molecule has 0 saturated carbocycles. The molecular weight excluding hydrogens is 391 g/mol. The SMILES string of the molecule is COc1cc(N2CCC(N(C)C(=O)OCc3ccccc3)CC2)c(F)cc1C(=O)O. The molecule has 160 valence electrons. The van der Waals surface area contributed by atoms with Gasteiger partial charge in [0.1, 0.15) is 23.7 Å². The number of amides is 1. The van der Waals surface area contributed by atoms with Crippen molar-refractivity contribution >= 4 is 17.7 Å². The van der Waals surface area contributed by atoms with Crippen LogP contribution >= 0.6 is 0 Å². The first-order valence-electron chi connectivity index (χ1n) is 9.70. The molecule has 0 atom stereocenters. The number of hydrogen-bond donors (Lipinski definition) is 1. The number of ether oxygens (including phenoxy) is 2. The van der Waals surface area contributed by atoms with Crippen LogP contribution in [0.15, 0.2) is 42.5 Å². The Labute approximate surface area is 174 Å². The molecule has 0 unspecified atom stereocenters. The van der Waals surface area contributed by atoms with Crippen molar-refractivity contribution in [1.29, 1.82) is 0 Å². The smallest absolute Gasteiger partial charge is 0.410 e. The molecule has 1 amide bonds. The minimum Gasteiger partial charge on any atom is -0.496 e. The molecule has 2 aromatic rings. The molecule has 1 N–H and O–H groups in total. The Bertz CT molecular complexity index is 898. The van der Waals surface area contributed by atoms with Crippen molar-refractivity contribution in [2.75, 3.05) is 32.1 Å². The summed E-state index contributed by atoms with van der Waals surface area (Å²) in [5, 5.41) is 9.18. The fourth-order valence-corrected chi connectivity index (χ4v) is 3.59. The highest BCUT2D eigenvalue weighted by Crippen LogP contribution is 2.31. The van der Waals surface area contributed by atoms with E-state index in [-0.39, 0.29) is 24.0 Å². The molecule has 2 aromatic carbocycles. The van der Waals surface area contributed by atoms with Crippen LogP contribution in [0.25, 0.3) is 0 Å². The maximum atomic E-state index is 14.5. The van der Waals surface area contributed by atoms with Crippen molar-refractivity contribution in [1.82, 2.24) is 4.90 Å². The van der Waals surface area contributed by atoms with Crippen LogP contribution in [-0.4, -0.2) is 55.4 Å². The lowest BCUT2D eigenvalue weighted by Crippen LogP contribution is -2.46. The highest BCUT2D eigenvalue weighted by Gasteiger charge is 2.28. The highest BCUT2D eigenvalue weighted by atomic mass is 19.1. The van der Waals surface area contributed by atoms with Crippen molar-refractivity contribution < 1.29 is 28.6 Å². The lowest BCUT2D eigenvalue weighted by molar-refractivity contribution is 0.0692. The number of nitrogens with zero attached hydrogens (tertiary/aromatic N) is 2. The van der Waals surface area contributed by atoms with E-state index < -0.39 is 17.9 Å². The number of halogens is 1. The highest BCUT2D eigenvalue weighted by molar-refractivity contribution is 5.91. The predicted octanol–water partition coefficient (Wildman–Crippen LogP) is 3.77. The number of methoxy groups -OCH3 is 1. The maximum absolute atomic E-state index is 14.5. The molecule has 1 aliphatic rings. The Balaban J connectivity index is 1.59. The number of carbonyl (C=O) groups excluding carboxylic acids is 1. The molecular formula is C22H25FN2O5. The quantitative estimate of drug-likeness (QED) is 0.772. The Hall–Kier alpha value is -3.29. The van der Waals surface area contributed by atoms with Crippen LogP contribution in [0.2, 0.25) is 0 Å². The van der Waals surface area contributed by atoms with Gasteiger partial charge in [-0.15, -0.1) is 0 Å². The minimum absolute atomic E-state index is 0.0206. The zero-order valence-corrected chi connectivity index (χ0v) is 17.0. The van der Waals surface area contributed by atoms with E-state index in [1.807, 2.05) is 35.2 Å². The van der Waals surface area contributed by atoms with Crippen molar-refractivity contribution in [2.24, 2.45) is 0 Å². The molecule has 1 heterocycles. The molecule has 7 nitrogen and oxygen atoms in total. The first-order valence-corrected chi connectivity index (χ1v) is 9.70. The van der Waals surface area contributed by atoms with E-state index in [1.54, 1.807) is 11.9 Å². The average molecular weight is 416 g/mol. The Morgan fingerprint density at radius 1 is 1.20 bits per heavy atom. The third-order valence-corrected chi connectivity index (χ3v) is 5.35. The van der Waals surface area contributed by atoms with E-state index in [4.69, 9.17) is 9.47 Å². The Morgan fingerprint density at radius 2 is 1.87 bits per heavy atom. The molecule has 0 aliphatic carbocycles. The topological polar surface area (TPSA) is 79.3 Å². The van der Waals surface area contributed by atoms with Crippen LogP contribution in [0, 0.1) is 5.82 Å². The summed E-state index contributed by atoms with van der Waals surface area (Å²) in [6, 6.07) is 11.8. The Kier molecular flexibility index (Phi) is 6.76. The standard InChI is InChI=1S/C22H25FN2O5/c1-24(22(28)30-14-15-6-4-3-5-7-15)16-8-10-25(11-9-16)19-13-20(29-2)17(21(26)27)12-18(19)23/h3-7,12-13,16H,8-11,14H2,1-2H3,(H,26,27). The molecule has 1 saturated heterocycles. The number of hydrogen-bond acceptors (Lipinski definition) is 5. The molecule has 1 aliphatic heterocycles. The van der Waals surface area contributed by atoms with Gasteiger partial charge in [-0.2, -0.15) is 0 Å². The molecule has 0 radical (unpaired) electrons. The summed E-state index contributed by atoms with van der Waals surface area (Å²) >= 11 is 0. The van der Waals surface area contributed by atoms with Crippen molar-refractivity contribution in [3.63, 3.8) is 0 Å². The van der Waals surface area contributed by atoms with E-state index in [0.717, 1.165) is 11.6 Å². The predicted molar refractivity (Wildman–Crippen MR) is 110 cm³/mol. The normalized spacial score (nSPS) is 14.3. The summed E-state index contributed by atoms with van der Waals surface area (Å²) in [5.41, 5.74) is 1.00. The van der Waals surface area contributed by atoms with E-state index in [1.165, 1.54) is 13.2 Å². The molecule has 30 heavy (non-hydrogen) atoms. The molecule has 0 spiro atoms. The van der Waals surface area contributed by atoms with Crippen molar-refractivity contribution in [3.8, 4) is 5.75 Å². The summed E-state index contributed by atoms with van der Waals surface area (Å²) in [4.78, 5) is 27.0. The second kappa shape index (κ2) is 9.47. The minimum atomic E-state index is -1.24. The van der Waals surface area contributed by atoms with Crippen LogP contribution in [0.1, 0.15) is 28.8 Å². The first-order chi connectivity index (χ1) is 14.4. The summed E-state index contributed by atoms with van der Waals surface area (Å²) in [7, 11) is 3.06. The van der Waals surface area contributed by atoms with E-state index in [2.05, 4.69) is 0 Å². The summed E-state index contributed by atoms with van der Waals surface area (Å²) in [6.07, 6.45) is 0.884. The van der Waals surface area contributed by atoms with Gasteiger partial charge in [-0.05, 0) is 24.5 Å². The first kappa shape index (κ1) is 21.4. The van der Waals surface area contributed by atoms with Crippen LogP contribution in [-0.2, 0) is 11.3 Å². The van der Waals surface area contributed by atoms with Crippen LogP contribution in [0.5, 0.6) is 5.75 Å². The zero-order chi connectivity index (χ0) is 21.7. The van der Waals surface area contributed by atoms with Crippen molar-refractivity contribution in [3.05, 3.63) is 59.4 Å². The summed E-state index contributed by atoms with van der Waals surface area (Å²) < 4.78 is 25.0. The van der Waals surface area contributed by atoms with Gasteiger partial charge < -0.3 is 24.4 Å². The van der Waals surface area contributed by atoms with Gasteiger partial charge in [-0.25, -0.2) is 14.0 Å². The van der Waals surface area contributed by atoms with Gasteiger partial charge in [0.2, 0.25) is 0 Å². The lowest BCUT2D eigenvalue weighted by atomic mass is 10.0. The van der Waals surface area contributed by atoms with Gasteiger partial charge in [0.25, 0.3) is 0 Å². The molecule has 0 bridgehead atoms. The number of anilines is 1. The van der Waals surface area contributed by atoms with Gasteiger partial charge in [0, 0.05) is 32.2 Å². The van der Waals surface area contributed by atoms with Crippen LogP contribution in [0.3, 0.4) is 0 Å². The van der Waals surface area contributed by atoms with Gasteiger partial charge in [0.15, 0.2) is 0 Å².